The van der Waals surface area contributed by atoms with Gasteiger partial charge in [0.25, 0.3) is 0 Å². The summed E-state index contributed by atoms with van der Waals surface area (Å²) in [6, 6.07) is 85.6. The zero-order valence-electron chi connectivity index (χ0n) is 33.9. The number of rotatable bonds is 7. The summed E-state index contributed by atoms with van der Waals surface area (Å²) in [5.41, 5.74) is 14.3. The maximum absolute atomic E-state index is 6.57. The van der Waals surface area contributed by atoms with Crippen LogP contribution in [0.3, 0.4) is 0 Å². The third-order valence-electron chi connectivity index (χ3n) is 12.5. The van der Waals surface area contributed by atoms with E-state index in [-0.39, 0.29) is 0 Å². The van der Waals surface area contributed by atoms with Crippen molar-refractivity contribution in [2.75, 3.05) is 4.90 Å². The van der Waals surface area contributed by atoms with Crippen molar-refractivity contribution in [3.63, 3.8) is 0 Å². The van der Waals surface area contributed by atoms with Gasteiger partial charge in [-0.25, -0.2) is 0 Å². The average Bonchev–Trinajstić information content (AvgIpc) is 3.72. The summed E-state index contributed by atoms with van der Waals surface area (Å²) >= 11 is 0. The first-order valence-corrected chi connectivity index (χ1v) is 21.2. The minimum atomic E-state index is 0.853. The third kappa shape index (κ3) is 6.04. The Hall–Kier alpha value is -8.20. The van der Waals surface area contributed by atoms with Gasteiger partial charge in [0.15, 0.2) is 0 Å². The number of benzene rings is 11. The molecule has 1 aromatic heterocycles. The highest BCUT2D eigenvalue weighted by molar-refractivity contribution is 6.17. The lowest BCUT2D eigenvalue weighted by atomic mass is 9.87. The van der Waals surface area contributed by atoms with Crippen molar-refractivity contribution in [1.82, 2.24) is 0 Å². The summed E-state index contributed by atoms with van der Waals surface area (Å²) < 4.78 is 6.57. The Morgan fingerprint density at radius 2 is 0.823 bits per heavy atom. The second-order valence-electron chi connectivity index (χ2n) is 16.0. The van der Waals surface area contributed by atoms with Crippen molar-refractivity contribution in [3.05, 3.63) is 237 Å². The molecule has 0 amide bonds. The van der Waals surface area contributed by atoms with E-state index in [1.807, 2.05) is 12.1 Å². The molecule has 0 aliphatic rings. The summed E-state index contributed by atoms with van der Waals surface area (Å²) in [7, 11) is 0. The minimum Gasteiger partial charge on any atom is -0.456 e. The molecule has 62 heavy (non-hydrogen) atoms. The van der Waals surface area contributed by atoms with Crippen LogP contribution in [-0.4, -0.2) is 0 Å². The molecule has 1 heterocycles. The number of furan rings is 1. The van der Waals surface area contributed by atoms with Crippen molar-refractivity contribution in [2.24, 2.45) is 0 Å². The molecule has 0 N–H and O–H groups in total. The molecule has 0 bridgehead atoms. The Bertz CT molecular complexity index is 3610. The Labute approximate surface area is 360 Å². The monoisotopic (exact) mass is 789 g/mol. The standard InChI is InChI=1S/C60H39NO/c1-2-14-40(15-3-1)41-28-30-44(31-29-41)51-25-13-26-57(60(51)56-38-45-17-5-7-20-50(45)52-21-8-9-22-53(52)56)61(47-36-37-55-54-23-10-11-27-58(54)62-59(55)39-47)46-34-32-43(33-35-46)49-24-12-18-42-16-4-6-19-48(42)49/h1-39H. The van der Waals surface area contributed by atoms with Gasteiger partial charge in [0.2, 0.25) is 0 Å². The van der Waals surface area contributed by atoms with E-state index < -0.39 is 0 Å². The zero-order chi connectivity index (χ0) is 41.0. The van der Waals surface area contributed by atoms with Gasteiger partial charge >= 0.3 is 0 Å². The van der Waals surface area contributed by atoms with E-state index in [4.69, 9.17) is 4.42 Å². The second-order valence-corrected chi connectivity index (χ2v) is 16.0. The quantitative estimate of drug-likeness (QED) is 0.150. The molecule has 2 nitrogen and oxygen atoms in total. The summed E-state index contributed by atoms with van der Waals surface area (Å²) in [5.74, 6) is 0. The van der Waals surface area contributed by atoms with E-state index in [0.717, 1.165) is 55.7 Å². The number of para-hydroxylation sites is 1. The van der Waals surface area contributed by atoms with Gasteiger partial charge in [-0.3, -0.25) is 0 Å². The van der Waals surface area contributed by atoms with Crippen LogP contribution in [0.5, 0.6) is 0 Å². The number of hydrogen-bond donors (Lipinski definition) is 0. The van der Waals surface area contributed by atoms with Crippen LogP contribution in [0.15, 0.2) is 241 Å². The fraction of sp³-hybridized carbons (Fsp3) is 0. The maximum Gasteiger partial charge on any atom is 0.137 e. The number of fused-ring (bicyclic) bond motifs is 7. The SMILES string of the molecule is c1ccc(-c2ccc(-c3cccc(N(c4ccc(-c5cccc6ccccc56)cc4)c4ccc5c(c4)oc4ccccc45)c3-c3cc4ccccc4c4ccccc34)cc2)cc1. The maximum atomic E-state index is 6.57. The van der Waals surface area contributed by atoms with E-state index in [1.165, 1.54) is 60.1 Å². The molecule has 0 unspecified atom stereocenters. The summed E-state index contributed by atoms with van der Waals surface area (Å²) in [4.78, 5) is 2.42. The smallest absolute Gasteiger partial charge is 0.137 e. The molecular formula is C60H39NO. The first kappa shape index (κ1) is 35.7. The van der Waals surface area contributed by atoms with Crippen LogP contribution in [0.2, 0.25) is 0 Å². The molecule has 0 atom stereocenters. The van der Waals surface area contributed by atoms with Gasteiger partial charge in [-0.2, -0.15) is 0 Å². The fourth-order valence-electron chi connectivity index (χ4n) is 9.53. The van der Waals surface area contributed by atoms with Gasteiger partial charge in [-0.15, -0.1) is 0 Å². The third-order valence-corrected chi connectivity index (χ3v) is 12.5. The van der Waals surface area contributed by atoms with Crippen LogP contribution < -0.4 is 4.90 Å². The van der Waals surface area contributed by atoms with Crippen LogP contribution in [0.1, 0.15) is 0 Å². The van der Waals surface area contributed by atoms with Crippen LogP contribution in [0, 0.1) is 0 Å². The fourth-order valence-corrected chi connectivity index (χ4v) is 9.53. The summed E-state index contributed by atoms with van der Waals surface area (Å²) in [5, 5.41) is 9.58. The minimum absolute atomic E-state index is 0.853. The highest BCUT2D eigenvalue weighted by Crippen LogP contribution is 2.49. The molecule has 0 radical (unpaired) electrons. The van der Waals surface area contributed by atoms with Gasteiger partial charge in [-0.1, -0.05) is 188 Å². The van der Waals surface area contributed by atoms with E-state index in [0.29, 0.717) is 0 Å². The molecule has 2 heteroatoms. The average molecular weight is 790 g/mol. The molecule has 0 saturated heterocycles. The van der Waals surface area contributed by atoms with Crippen LogP contribution in [0.25, 0.3) is 98.8 Å². The number of nitrogens with zero attached hydrogens (tertiary/aromatic N) is 1. The first-order chi connectivity index (χ1) is 30.7. The van der Waals surface area contributed by atoms with Gasteiger partial charge in [-0.05, 0) is 114 Å². The van der Waals surface area contributed by atoms with Crippen molar-refractivity contribution < 1.29 is 4.42 Å². The molecule has 0 fully saturated rings. The second kappa shape index (κ2) is 14.8. The lowest BCUT2D eigenvalue weighted by molar-refractivity contribution is 0.669. The number of anilines is 3. The Balaban J connectivity index is 1.13. The molecule has 0 aliphatic heterocycles. The molecule has 12 aromatic rings. The van der Waals surface area contributed by atoms with Crippen molar-refractivity contribution >= 4 is 71.3 Å². The van der Waals surface area contributed by atoms with Gasteiger partial charge < -0.3 is 9.32 Å². The van der Waals surface area contributed by atoms with E-state index >= 15 is 0 Å². The van der Waals surface area contributed by atoms with Crippen molar-refractivity contribution in [2.45, 2.75) is 0 Å². The molecule has 12 rings (SSSR count). The van der Waals surface area contributed by atoms with E-state index in [1.54, 1.807) is 0 Å². The largest absolute Gasteiger partial charge is 0.456 e. The summed E-state index contributed by atoms with van der Waals surface area (Å²) in [6.07, 6.45) is 0. The highest BCUT2D eigenvalue weighted by Gasteiger charge is 2.24. The first-order valence-electron chi connectivity index (χ1n) is 21.2. The molecular weight excluding hydrogens is 751 g/mol. The van der Waals surface area contributed by atoms with Gasteiger partial charge in [0.1, 0.15) is 11.2 Å². The number of hydrogen-bond acceptors (Lipinski definition) is 2. The van der Waals surface area contributed by atoms with Gasteiger partial charge in [0, 0.05) is 33.8 Å². The topological polar surface area (TPSA) is 16.4 Å². The molecule has 0 aliphatic carbocycles. The van der Waals surface area contributed by atoms with Crippen LogP contribution in [-0.2, 0) is 0 Å². The Kier molecular flexibility index (Phi) is 8.53. The Morgan fingerprint density at radius 1 is 0.274 bits per heavy atom. The molecule has 11 aromatic carbocycles. The lowest BCUT2D eigenvalue weighted by Crippen LogP contribution is -2.12. The molecule has 290 valence electrons. The Morgan fingerprint density at radius 3 is 1.65 bits per heavy atom. The van der Waals surface area contributed by atoms with E-state index in [2.05, 4.69) is 229 Å². The van der Waals surface area contributed by atoms with Crippen LogP contribution in [0.4, 0.5) is 17.1 Å². The normalized spacial score (nSPS) is 11.5. The van der Waals surface area contributed by atoms with Crippen molar-refractivity contribution in [1.29, 1.82) is 0 Å². The predicted octanol–water partition coefficient (Wildman–Crippen LogP) is 17.2. The lowest BCUT2D eigenvalue weighted by Gasteiger charge is -2.30. The molecule has 0 spiro atoms. The molecule has 0 saturated carbocycles. The summed E-state index contributed by atoms with van der Waals surface area (Å²) in [6.45, 7) is 0. The highest BCUT2D eigenvalue weighted by atomic mass is 16.3. The van der Waals surface area contributed by atoms with E-state index in [9.17, 15) is 0 Å². The predicted molar refractivity (Wildman–Crippen MR) is 263 cm³/mol. The van der Waals surface area contributed by atoms with Crippen LogP contribution >= 0.6 is 0 Å². The zero-order valence-corrected chi connectivity index (χ0v) is 33.9. The van der Waals surface area contributed by atoms with Gasteiger partial charge in [0.05, 0.1) is 5.69 Å². The van der Waals surface area contributed by atoms with Crippen molar-refractivity contribution in [3.8, 4) is 44.5 Å².